The van der Waals surface area contributed by atoms with E-state index in [1.807, 2.05) is 12.1 Å². The Morgan fingerprint density at radius 1 is 0.684 bits per heavy atom. The topological polar surface area (TPSA) is 88.0 Å². The monoisotopic (exact) mass is 582 g/mol. The molecule has 0 radical (unpaired) electrons. The number of nitrogens with zero attached hydrogens (tertiary/aromatic N) is 2. The van der Waals surface area contributed by atoms with Gasteiger partial charge in [-0.3, -0.25) is 0 Å². The van der Waals surface area contributed by atoms with Crippen LogP contribution in [-0.2, 0) is 0 Å². The zero-order valence-electron chi connectivity index (χ0n) is 20.2. The Labute approximate surface area is 226 Å². The van der Waals surface area contributed by atoms with E-state index in [0.717, 1.165) is 0 Å². The second kappa shape index (κ2) is 14.1. The van der Waals surface area contributed by atoms with Crippen molar-refractivity contribution in [2.24, 2.45) is 0 Å². The largest absolute Gasteiger partial charge is 0.488 e. The first kappa shape index (κ1) is 30.3. The Balaban J connectivity index is 0.000000211. The number of rotatable bonds is 2. The molecule has 0 aliphatic heterocycles. The summed E-state index contributed by atoms with van der Waals surface area (Å²) in [6, 6.07) is 21.4. The van der Waals surface area contributed by atoms with Crippen molar-refractivity contribution in [1.82, 2.24) is 0 Å². The molecule has 0 aliphatic rings. The molecule has 0 bridgehead atoms. The lowest BCUT2D eigenvalue weighted by molar-refractivity contribution is 0.426. The summed E-state index contributed by atoms with van der Waals surface area (Å²) in [4.78, 5) is 0. The van der Waals surface area contributed by atoms with Crippen LogP contribution in [0.3, 0.4) is 0 Å². The minimum Gasteiger partial charge on any atom is -0.423 e. The number of aryl methyl sites for hydroxylation is 2. The average molecular weight is 583 g/mol. The molecule has 4 rings (SSSR count). The van der Waals surface area contributed by atoms with E-state index in [1.54, 1.807) is 50.2 Å². The van der Waals surface area contributed by atoms with Gasteiger partial charge in [0.05, 0.1) is 33.3 Å². The van der Waals surface area contributed by atoms with Crippen LogP contribution in [-0.4, -0.2) is 17.2 Å². The lowest BCUT2D eigenvalue weighted by Gasteiger charge is -2.06. The molecule has 10 heteroatoms. The normalized spacial score (nSPS) is 9.66. The SMILES string of the molecule is Cc1cc(F)c(-c2cccc(C#N)c2)c(F)c1.Cc1cc(F)c(Br)c(F)c1.N#Cc1cccc(B(O)O)c1. The van der Waals surface area contributed by atoms with Gasteiger partial charge >= 0.3 is 7.12 Å². The van der Waals surface area contributed by atoms with Gasteiger partial charge in [0.1, 0.15) is 23.3 Å². The second-order valence-corrected chi connectivity index (χ2v) is 8.74. The maximum absolute atomic E-state index is 13.7. The molecule has 192 valence electrons. The molecule has 0 aliphatic carbocycles. The Morgan fingerprint density at radius 3 is 1.61 bits per heavy atom. The number of nitriles is 2. The van der Waals surface area contributed by atoms with Crippen molar-refractivity contribution in [3.63, 3.8) is 0 Å². The van der Waals surface area contributed by atoms with E-state index in [1.165, 1.54) is 36.4 Å². The van der Waals surface area contributed by atoms with Crippen molar-refractivity contribution >= 4 is 28.5 Å². The van der Waals surface area contributed by atoms with Crippen LogP contribution < -0.4 is 5.46 Å². The van der Waals surface area contributed by atoms with Crippen LogP contribution in [0, 0.1) is 59.8 Å². The van der Waals surface area contributed by atoms with E-state index < -0.39 is 30.4 Å². The Morgan fingerprint density at radius 2 is 1.13 bits per heavy atom. The van der Waals surface area contributed by atoms with Gasteiger partial charge in [-0.2, -0.15) is 10.5 Å². The van der Waals surface area contributed by atoms with Gasteiger partial charge in [0.25, 0.3) is 0 Å². The molecule has 0 aromatic heterocycles. The van der Waals surface area contributed by atoms with E-state index in [-0.39, 0.29) is 10.0 Å². The first-order valence-corrected chi connectivity index (χ1v) is 11.7. The Kier molecular flexibility index (Phi) is 11.2. The number of halogens is 5. The first-order chi connectivity index (χ1) is 18.0. The van der Waals surface area contributed by atoms with Gasteiger partial charge in [-0.1, -0.05) is 24.3 Å². The highest BCUT2D eigenvalue weighted by atomic mass is 79.9. The van der Waals surface area contributed by atoms with Crippen LogP contribution in [0.4, 0.5) is 17.6 Å². The maximum atomic E-state index is 13.7. The molecule has 38 heavy (non-hydrogen) atoms. The summed E-state index contributed by atoms with van der Waals surface area (Å²) in [7, 11) is -1.50. The van der Waals surface area contributed by atoms with Crippen molar-refractivity contribution in [2.75, 3.05) is 0 Å². The van der Waals surface area contributed by atoms with Gasteiger partial charge in [0.15, 0.2) is 0 Å². The van der Waals surface area contributed by atoms with Crippen molar-refractivity contribution in [2.45, 2.75) is 13.8 Å². The van der Waals surface area contributed by atoms with E-state index >= 15 is 0 Å². The first-order valence-electron chi connectivity index (χ1n) is 10.9. The molecule has 2 N–H and O–H groups in total. The molecule has 0 saturated carbocycles. The summed E-state index contributed by atoms with van der Waals surface area (Å²) in [5.74, 6) is -2.34. The summed E-state index contributed by atoms with van der Waals surface area (Å²) in [5.41, 5.74) is 2.53. The fraction of sp³-hybridized carbons (Fsp3) is 0.0714. The van der Waals surface area contributed by atoms with Crippen LogP contribution in [0.25, 0.3) is 11.1 Å². The standard InChI is InChI=1S/C14H9F2N.C7H6BNO2.C7H5BrF2/c1-9-5-12(15)14(13(16)6-9)11-4-2-3-10(7-11)8-17;9-5-6-2-1-3-7(4-6)8(10)11;1-4-2-5(9)7(8)6(10)3-4/h2-7H,1H3;1-4,10-11H;2-3H,1H3. The van der Waals surface area contributed by atoms with Crippen molar-refractivity contribution in [3.8, 4) is 23.3 Å². The second-order valence-electron chi connectivity index (χ2n) is 7.95. The summed E-state index contributed by atoms with van der Waals surface area (Å²) >= 11 is 2.76. The minimum atomic E-state index is -1.50. The summed E-state index contributed by atoms with van der Waals surface area (Å²) in [6.45, 7) is 3.26. The third kappa shape index (κ3) is 8.57. The number of benzene rings is 4. The van der Waals surface area contributed by atoms with Gasteiger partial charge in [0, 0.05) is 0 Å². The van der Waals surface area contributed by atoms with Crippen molar-refractivity contribution in [3.05, 3.63) is 123 Å². The van der Waals surface area contributed by atoms with Crippen LogP contribution >= 0.6 is 15.9 Å². The zero-order chi connectivity index (χ0) is 28.4. The molecule has 0 unspecified atom stereocenters. The molecule has 4 nitrogen and oxygen atoms in total. The van der Waals surface area contributed by atoms with E-state index in [4.69, 9.17) is 20.6 Å². The van der Waals surface area contributed by atoms with Gasteiger partial charge in [-0.15, -0.1) is 0 Å². The number of hydrogen-bond acceptors (Lipinski definition) is 4. The molecule has 0 spiro atoms. The lowest BCUT2D eigenvalue weighted by Crippen LogP contribution is -2.29. The molecule has 4 aromatic carbocycles. The third-order valence-electron chi connectivity index (χ3n) is 4.91. The van der Waals surface area contributed by atoms with Gasteiger partial charge < -0.3 is 10.0 Å². The smallest absolute Gasteiger partial charge is 0.423 e. The van der Waals surface area contributed by atoms with Gasteiger partial charge in [0.2, 0.25) is 0 Å². The van der Waals surface area contributed by atoms with Crippen LogP contribution in [0.15, 0.2) is 77.3 Å². The minimum absolute atomic E-state index is 0.0901. The van der Waals surface area contributed by atoms with E-state index in [0.29, 0.717) is 33.3 Å². The predicted molar refractivity (Wildman–Crippen MR) is 141 cm³/mol. The van der Waals surface area contributed by atoms with Crippen molar-refractivity contribution in [1.29, 1.82) is 10.5 Å². The third-order valence-corrected chi connectivity index (χ3v) is 5.67. The zero-order valence-corrected chi connectivity index (χ0v) is 21.8. The molecule has 0 fully saturated rings. The molecule has 0 amide bonds. The summed E-state index contributed by atoms with van der Waals surface area (Å²) in [5, 5.41) is 34.6. The predicted octanol–water partition coefficient (Wildman–Crippen LogP) is 6.09. The van der Waals surface area contributed by atoms with Crippen molar-refractivity contribution < 1.29 is 27.6 Å². The van der Waals surface area contributed by atoms with Crippen LogP contribution in [0.2, 0.25) is 0 Å². The summed E-state index contributed by atoms with van der Waals surface area (Å²) < 4.78 is 52.4. The fourth-order valence-corrected chi connectivity index (χ4v) is 3.40. The van der Waals surface area contributed by atoms with Crippen LogP contribution in [0.1, 0.15) is 22.3 Å². The van der Waals surface area contributed by atoms with Gasteiger partial charge in [-0.05, 0) is 100 Å². The molecular weight excluding hydrogens is 563 g/mol. The lowest BCUT2D eigenvalue weighted by atomic mass is 9.80. The van der Waals surface area contributed by atoms with Gasteiger partial charge in [-0.25, -0.2) is 17.6 Å². The maximum Gasteiger partial charge on any atom is 0.488 e. The summed E-state index contributed by atoms with van der Waals surface area (Å²) in [6.07, 6.45) is 0. The average Bonchev–Trinajstić information content (AvgIpc) is 2.87. The van der Waals surface area contributed by atoms with E-state index in [9.17, 15) is 17.6 Å². The molecule has 4 aromatic rings. The fourth-order valence-electron chi connectivity index (χ4n) is 3.17. The highest BCUT2D eigenvalue weighted by Crippen LogP contribution is 2.27. The molecular formula is C28H20BBrF4N2O2. The Hall–Kier alpha value is -3.96. The highest BCUT2D eigenvalue weighted by molar-refractivity contribution is 9.10. The molecule has 0 saturated heterocycles. The molecule has 0 heterocycles. The van der Waals surface area contributed by atoms with Crippen LogP contribution in [0.5, 0.6) is 0 Å². The molecule has 0 atom stereocenters. The quantitative estimate of drug-likeness (QED) is 0.170. The Bertz CT molecular complexity index is 1470. The number of hydrogen-bond donors (Lipinski definition) is 2. The van der Waals surface area contributed by atoms with E-state index in [2.05, 4.69) is 15.9 Å². The highest BCUT2D eigenvalue weighted by Gasteiger charge is 2.12.